The minimum Gasteiger partial charge on any atom is -0.462 e. The summed E-state index contributed by atoms with van der Waals surface area (Å²) < 4.78 is 68.6. The predicted octanol–water partition coefficient (Wildman–Crippen LogP) is 23.9. The number of phosphoric ester groups is 2. The molecular formula is C80H156O17P2. The van der Waals surface area contributed by atoms with Crippen LogP contribution in [-0.2, 0) is 65.4 Å². The Kier molecular flexibility index (Phi) is 70.3. The topological polar surface area (TPSA) is 237 Å². The van der Waals surface area contributed by atoms with Crippen molar-refractivity contribution in [2.45, 2.75) is 439 Å². The first kappa shape index (κ1) is 97.1. The molecule has 0 aromatic heterocycles. The Balaban J connectivity index is 5.19. The summed E-state index contributed by atoms with van der Waals surface area (Å²) in [5, 5.41) is 10.6. The third-order valence-corrected chi connectivity index (χ3v) is 20.6. The molecular weight excluding hydrogens is 1290 g/mol. The van der Waals surface area contributed by atoms with Crippen molar-refractivity contribution < 1.29 is 80.2 Å². The Labute approximate surface area is 607 Å². The number of rotatable bonds is 79. The molecule has 0 aliphatic heterocycles. The smallest absolute Gasteiger partial charge is 0.462 e. The van der Waals surface area contributed by atoms with E-state index in [1.54, 1.807) is 0 Å². The average molecular weight is 1450 g/mol. The van der Waals surface area contributed by atoms with Crippen LogP contribution in [0.15, 0.2) is 0 Å². The van der Waals surface area contributed by atoms with Crippen molar-refractivity contribution in [1.29, 1.82) is 0 Å². The van der Waals surface area contributed by atoms with Gasteiger partial charge in [-0.3, -0.25) is 37.3 Å². The van der Waals surface area contributed by atoms with E-state index in [9.17, 15) is 43.2 Å². The summed E-state index contributed by atoms with van der Waals surface area (Å²) in [4.78, 5) is 72.9. The lowest BCUT2D eigenvalue weighted by Crippen LogP contribution is -2.30. The molecule has 588 valence electrons. The van der Waals surface area contributed by atoms with E-state index in [0.29, 0.717) is 25.7 Å². The number of carbonyl (C=O) groups excluding carboxylic acids is 4. The van der Waals surface area contributed by atoms with Crippen molar-refractivity contribution in [3.63, 3.8) is 0 Å². The Morgan fingerprint density at radius 2 is 0.465 bits per heavy atom. The predicted molar refractivity (Wildman–Crippen MR) is 405 cm³/mol. The molecule has 17 nitrogen and oxygen atoms in total. The van der Waals surface area contributed by atoms with Crippen molar-refractivity contribution in [3.05, 3.63) is 0 Å². The summed E-state index contributed by atoms with van der Waals surface area (Å²) in [5.41, 5.74) is 0. The number of aliphatic hydroxyl groups is 1. The van der Waals surface area contributed by atoms with Gasteiger partial charge in [-0.15, -0.1) is 0 Å². The molecule has 3 N–H and O–H groups in total. The largest absolute Gasteiger partial charge is 0.472 e. The van der Waals surface area contributed by atoms with Gasteiger partial charge in [0.15, 0.2) is 12.2 Å². The molecule has 0 heterocycles. The molecule has 0 radical (unpaired) electrons. The van der Waals surface area contributed by atoms with Gasteiger partial charge < -0.3 is 33.8 Å². The molecule has 0 spiro atoms. The van der Waals surface area contributed by atoms with Gasteiger partial charge in [-0.25, -0.2) is 9.13 Å². The number of ether oxygens (including phenoxy) is 4. The molecule has 0 saturated carbocycles. The maximum Gasteiger partial charge on any atom is 0.472 e. The monoisotopic (exact) mass is 1450 g/mol. The van der Waals surface area contributed by atoms with Crippen LogP contribution in [-0.4, -0.2) is 96.7 Å². The van der Waals surface area contributed by atoms with Crippen LogP contribution in [0.25, 0.3) is 0 Å². The fraction of sp³-hybridized carbons (Fsp3) is 0.950. The number of esters is 4. The maximum atomic E-state index is 13.1. The summed E-state index contributed by atoms with van der Waals surface area (Å²) in [6.45, 7) is 9.62. The van der Waals surface area contributed by atoms with Crippen molar-refractivity contribution in [1.82, 2.24) is 0 Å². The highest BCUT2D eigenvalue weighted by Crippen LogP contribution is 2.45. The van der Waals surface area contributed by atoms with E-state index in [4.69, 9.17) is 37.0 Å². The summed E-state index contributed by atoms with van der Waals surface area (Å²) in [7, 11) is -9.91. The second kappa shape index (κ2) is 71.7. The Morgan fingerprint density at radius 3 is 0.687 bits per heavy atom. The Hall–Kier alpha value is -1.94. The van der Waals surface area contributed by atoms with Crippen molar-refractivity contribution in [2.75, 3.05) is 39.6 Å². The average Bonchev–Trinajstić information content (AvgIpc) is 0.960. The summed E-state index contributed by atoms with van der Waals surface area (Å²) in [5.74, 6) is -0.552. The van der Waals surface area contributed by atoms with E-state index in [2.05, 4.69) is 41.5 Å². The Bertz CT molecular complexity index is 1910. The van der Waals surface area contributed by atoms with Crippen LogP contribution < -0.4 is 0 Å². The minimum absolute atomic E-state index is 0.106. The lowest BCUT2D eigenvalue weighted by molar-refractivity contribution is -0.161. The maximum absolute atomic E-state index is 13.1. The number of carbonyl (C=O) groups is 4. The van der Waals surface area contributed by atoms with Crippen LogP contribution in [0.4, 0.5) is 0 Å². The molecule has 0 aliphatic carbocycles. The van der Waals surface area contributed by atoms with Crippen molar-refractivity contribution >= 4 is 39.5 Å². The van der Waals surface area contributed by atoms with Crippen molar-refractivity contribution in [2.24, 2.45) is 11.8 Å². The molecule has 19 heteroatoms. The molecule has 0 aliphatic rings. The molecule has 2 unspecified atom stereocenters. The number of unbranched alkanes of at least 4 members (excludes halogenated alkanes) is 49. The zero-order valence-electron chi connectivity index (χ0n) is 64.8. The standard InChI is InChI=1S/C80H156O17P2/c1-7-9-11-13-15-17-18-19-20-21-22-23-27-30-33-39-45-51-57-63-78(83)91-69-76(97-79(84)64-58-52-46-40-34-31-28-25-24-26-29-32-37-42-48-54-60-72(3)4)71-95-99(88,89)93-67-74(81)66-92-98(86,87)94-70-75(68-90-77(82)62-56-50-44-16-14-12-10-8-2)96-80(85)65-59-53-47-41-36-35-38-43-49-55-61-73(5)6/h72-76,81H,7-71H2,1-6H3,(H,86,87)(H,88,89)/t74-,75+,76+/m0/s1. The van der Waals surface area contributed by atoms with E-state index in [1.807, 2.05) is 0 Å². The molecule has 5 atom stereocenters. The van der Waals surface area contributed by atoms with Crippen LogP contribution >= 0.6 is 15.6 Å². The molecule has 0 bridgehead atoms. The van der Waals surface area contributed by atoms with Crippen LogP contribution in [0.2, 0.25) is 0 Å². The van der Waals surface area contributed by atoms with E-state index >= 15 is 0 Å². The molecule has 0 saturated heterocycles. The van der Waals surface area contributed by atoms with Crippen LogP contribution in [0, 0.1) is 11.8 Å². The van der Waals surface area contributed by atoms with Crippen LogP contribution in [0.3, 0.4) is 0 Å². The normalized spacial score (nSPS) is 13.9. The lowest BCUT2D eigenvalue weighted by atomic mass is 10.0. The number of hydrogen-bond acceptors (Lipinski definition) is 15. The second-order valence-electron chi connectivity index (χ2n) is 29.8. The van der Waals surface area contributed by atoms with Gasteiger partial charge in [0.05, 0.1) is 26.4 Å². The number of phosphoric acid groups is 2. The molecule has 0 aromatic rings. The highest BCUT2D eigenvalue weighted by molar-refractivity contribution is 7.47. The molecule has 99 heavy (non-hydrogen) atoms. The third kappa shape index (κ3) is 74.1. The third-order valence-electron chi connectivity index (χ3n) is 18.7. The first-order chi connectivity index (χ1) is 47.9. The Morgan fingerprint density at radius 1 is 0.273 bits per heavy atom. The fourth-order valence-corrected chi connectivity index (χ4v) is 13.9. The number of hydrogen-bond donors (Lipinski definition) is 3. The number of aliphatic hydroxyl groups excluding tert-OH is 1. The first-order valence-electron chi connectivity index (χ1n) is 41.5. The highest BCUT2D eigenvalue weighted by atomic mass is 31.2. The summed E-state index contributed by atoms with van der Waals surface area (Å²) >= 11 is 0. The van der Waals surface area contributed by atoms with Crippen molar-refractivity contribution in [3.8, 4) is 0 Å². The van der Waals surface area contributed by atoms with Gasteiger partial charge in [0.1, 0.15) is 19.3 Å². The molecule has 0 rings (SSSR count). The van der Waals surface area contributed by atoms with Crippen LogP contribution in [0.1, 0.15) is 420 Å². The van der Waals surface area contributed by atoms with Gasteiger partial charge in [-0.1, -0.05) is 369 Å². The fourth-order valence-electron chi connectivity index (χ4n) is 12.4. The van der Waals surface area contributed by atoms with Gasteiger partial charge in [0.25, 0.3) is 0 Å². The molecule has 0 amide bonds. The minimum atomic E-state index is -4.96. The quantitative estimate of drug-likeness (QED) is 0.0222. The SMILES string of the molecule is CCCCCCCCCCCCCCCCCCCCCC(=O)OC[C@H](COP(=O)(O)OC[C@@H](O)COP(=O)(O)OC[C@@H](COC(=O)CCCCCCCCCC)OC(=O)CCCCCCCCCCCCC(C)C)OC(=O)CCCCCCCCCCCCCCCCCCC(C)C. The second-order valence-corrected chi connectivity index (χ2v) is 32.7. The molecule has 0 aromatic carbocycles. The van der Waals surface area contributed by atoms with E-state index in [-0.39, 0.29) is 25.7 Å². The lowest BCUT2D eigenvalue weighted by Gasteiger charge is -2.21. The summed E-state index contributed by atoms with van der Waals surface area (Å²) in [6.07, 6.45) is 61.2. The van der Waals surface area contributed by atoms with Gasteiger partial charge in [0.2, 0.25) is 0 Å². The van der Waals surface area contributed by atoms with Gasteiger partial charge in [-0.2, -0.15) is 0 Å². The van der Waals surface area contributed by atoms with E-state index in [0.717, 1.165) is 108 Å². The van der Waals surface area contributed by atoms with E-state index in [1.165, 1.54) is 231 Å². The molecule has 0 fully saturated rings. The zero-order valence-corrected chi connectivity index (χ0v) is 66.6. The summed E-state index contributed by atoms with van der Waals surface area (Å²) in [6, 6.07) is 0. The van der Waals surface area contributed by atoms with Crippen LogP contribution in [0.5, 0.6) is 0 Å². The first-order valence-corrected chi connectivity index (χ1v) is 44.5. The van der Waals surface area contributed by atoms with Gasteiger partial charge in [-0.05, 0) is 37.5 Å². The highest BCUT2D eigenvalue weighted by Gasteiger charge is 2.30. The van der Waals surface area contributed by atoms with Gasteiger partial charge >= 0.3 is 39.5 Å². The zero-order chi connectivity index (χ0) is 72.8. The van der Waals surface area contributed by atoms with E-state index < -0.39 is 97.5 Å². The van der Waals surface area contributed by atoms with Gasteiger partial charge in [0, 0.05) is 25.7 Å².